The molecule has 174 valence electrons. The number of anilines is 4. The topological polar surface area (TPSA) is 114 Å². The Morgan fingerprint density at radius 1 is 0.939 bits per heavy atom. The summed E-state index contributed by atoms with van der Waals surface area (Å²) in [6.07, 6.45) is 0. The quantitative estimate of drug-likeness (QED) is 0.332. The van der Waals surface area contributed by atoms with Gasteiger partial charge in [-0.3, -0.25) is 9.59 Å². The maximum atomic E-state index is 12.4. The Kier molecular flexibility index (Phi) is 8.90. The zero-order valence-electron chi connectivity index (χ0n) is 18.5. The highest BCUT2D eigenvalue weighted by Gasteiger charge is 2.11. The van der Waals surface area contributed by atoms with Gasteiger partial charge in [-0.15, -0.1) is 10.2 Å². The van der Waals surface area contributed by atoms with E-state index in [1.165, 1.54) is 30.0 Å². The molecule has 1 heterocycles. The fourth-order valence-corrected chi connectivity index (χ4v) is 4.35. The van der Waals surface area contributed by atoms with E-state index in [2.05, 4.69) is 26.1 Å². The van der Waals surface area contributed by atoms with Crippen molar-refractivity contribution in [2.45, 2.75) is 25.1 Å². The van der Waals surface area contributed by atoms with E-state index in [-0.39, 0.29) is 17.6 Å². The SMILES string of the molecule is CCOc1ccc(NC(=O)CSc2nnc(Nc3cccc(NC(C)=O)c3)s2)cc1OCC. The Labute approximate surface area is 200 Å². The minimum atomic E-state index is -0.167. The van der Waals surface area contributed by atoms with Gasteiger partial charge in [-0.2, -0.15) is 0 Å². The largest absolute Gasteiger partial charge is 0.490 e. The number of ether oxygens (including phenoxy) is 2. The minimum absolute atomic E-state index is 0.139. The Morgan fingerprint density at radius 3 is 2.42 bits per heavy atom. The third-order valence-corrected chi connectivity index (χ3v) is 5.97. The number of hydrogen-bond donors (Lipinski definition) is 3. The average Bonchev–Trinajstić information content (AvgIpc) is 3.21. The first-order chi connectivity index (χ1) is 16.0. The summed E-state index contributed by atoms with van der Waals surface area (Å²) >= 11 is 2.63. The van der Waals surface area contributed by atoms with E-state index in [1.807, 2.05) is 26.0 Å². The zero-order valence-corrected chi connectivity index (χ0v) is 20.1. The van der Waals surface area contributed by atoms with Gasteiger partial charge in [0, 0.05) is 30.1 Å². The predicted molar refractivity (Wildman–Crippen MR) is 132 cm³/mol. The summed E-state index contributed by atoms with van der Waals surface area (Å²) in [7, 11) is 0. The molecule has 3 aromatic rings. The Bertz CT molecular complexity index is 1110. The van der Waals surface area contributed by atoms with Crippen LogP contribution in [0.5, 0.6) is 11.5 Å². The van der Waals surface area contributed by atoms with Crippen molar-refractivity contribution in [3.05, 3.63) is 42.5 Å². The van der Waals surface area contributed by atoms with Crippen molar-refractivity contribution in [1.82, 2.24) is 10.2 Å². The van der Waals surface area contributed by atoms with Crippen molar-refractivity contribution >= 4 is 57.1 Å². The maximum absolute atomic E-state index is 12.4. The molecule has 2 aromatic carbocycles. The molecule has 0 aliphatic rings. The van der Waals surface area contributed by atoms with Crippen molar-refractivity contribution in [1.29, 1.82) is 0 Å². The first-order valence-corrected chi connectivity index (χ1v) is 12.1. The first-order valence-electron chi connectivity index (χ1n) is 10.3. The molecule has 0 atom stereocenters. The molecule has 0 unspecified atom stereocenters. The van der Waals surface area contributed by atoms with Gasteiger partial charge in [0.15, 0.2) is 15.8 Å². The van der Waals surface area contributed by atoms with Gasteiger partial charge >= 0.3 is 0 Å². The van der Waals surface area contributed by atoms with Crippen LogP contribution in [0.25, 0.3) is 0 Å². The fraction of sp³-hybridized carbons (Fsp3) is 0.273. The molecule has 9 nitrogen and oxygen atoms in total. The summed E-state index contributed by atoms with van der Waals surface area (Å²) in [6, 6.07) is 12.6. The summed E-state index contributed by atoms with van der Waals surface area (Å²) < 4.78 is 11.8. The van der Waals surface area contributed by atoms with Crippen molar-refractivity contribution in [2.75, 3.05) is 34.9 Å². The Balaban J connectivity index is 1.53. The van der Waals surface area contributed by atoms with Crippen molar-refractivity contribution in [3.63, 3.8) is 0 Å². The number of hydrogen-bond acceptors (Lipinski definition) is 9. The maximum Gasteiger partial charge on any atom is 0.234 e. The molecule has 0 fully saturated rings. The van der Waals surface area contributed by atoms with Gasteiger partial charge < -0.3 is 25.4 Å². The second-order valence-corrected chi connectivity index (χ2v) is 8.82. The number of nitrogens with zero attached hydrogens (tertiary/aromatic N) is 2. The van der Waals surface area contributed by atoms with Crippen molar-refractivity contribution < 1.29 is 19.1 Å². The minimum Gasteiger partial charge on any atom is -0.490 e. The smallest absolute Gasteiger partial charge is 0.234 e. The molecular formula is C22H25N5O4S2. The van der Waals surface area contributed by atoms with E-state index in [9.17, 15) is 9.59 Å². The van der Waals surface area contributed by atoms with E-state index < -0.39 is 0 Å². The number of benzene rings is 2. The first kappa shape index (κ1) is 24.3. The van der Waals surface area contributed by atoms with Gasteiger partial charge in [0.2, 0.25) is 16.9 Å². The summed E-state index contributed by atoms with van der Waals surface area (Å²) in [4.78, 5) is 23.6. The summed E-state index contributed by atoms with van der Waals surface area (Å²) in [5, 5.41) is 17.6. The van der Waals surface area contributed by atoms with Gasteiger partial charge in [0.25, 0.3) is 0 Å². The Morgan fingerprint density at radius 2 is 1.67 bits per heavy atom. The summed E-state index contributed by atoms with van der Waals surface area (Å²) in [6.45, 7) is 6.28. The highest BCUT2D eigenvalue weighted by atomic mass is 32.2. The molecule has 3 rings (SSSR count). The second kappa shape index (κ2) is 12.1. The summed E-state index contributed by atoms with van der Waals surface area (Å²) in [5.74, 6) is 1.11. The van der Waals surface area contributed by atoms with Crippen LogP contribution in [0.15, 0.2) is 46.8 Å². The van der Waals surface area contributed by atoms with Gasteiger partial charge in [0.05, 0.1) is 19.0 Å². The number of carbonyl (C=O) groups excluding carboxylic acids is 2. The lowest BCUT2D eigenvalue weighted by molar-refractivity contribution is -0.114. The predicted octanol–water partition coefficient (Wildman–Crippen LogP) is 4.77. The normalized spacial score (nSPS) is 10.4. The molecule has 3 N–H and O–H groups in total. The molecule has 1 aromatic heterocycles. The fourth-order valence-electron chi connectivity index (χ4n) is 2.77. The highest BCUT2D eigenvalue weighted by molar-refractivity contribution is 8.01. The van der Waals surface area contributed by atoms with Crippen LogP contribution in [-0.4, -0.2) is 41.0 Å². The summed E-state index contributed by atoms with van der Waals surface area (Å²) in [5.41, 5.74) is 2.09. The number of amides is 2. The number of aromatic nitrogens is 2. The third-order valence-electron chi connectivity index (χ3n) is 3.99. The zero-order chi connectivity index (χ0) is 23.6. The highest BCUT2D eigenvalue weighted by Crippen LogP contribution is 2.31. The van der Waals surface area contributed by atoms with E-state index in [4.69, 9.17) is 9.47 Å². The van der Waals surface area contributed by atoms with E-state index in [1.54, 1.807) is 30.3 Å². The van der Waals surface area contributed by atoms with Crippen LogP contribution in [0.2, 0.25) is 0 Å². The van der Waals surface area contributed by atoms with Crippen LogP contribution < -0.4 is 25.4 Å². The Hall–Kier alpha value is -3.31. The van der Waals surface area contributed by atoms with Gasteiger partial charge in [-0.25, -0.2) is 0 Å². The van der Waals surface area contributed by atoms with Crippen LogP contribution in [0.4, 0.5) is 22.2 Å². The van der Waals surface area contributed by atoms with Gasteiger partial charge in [-0.05, 0) is 44.2 Å². The monoisotopic (exact) mass is 487 g/mol. The lowest BCUT2D eigenvalue weighted by atomic mass is 10.2. The molecule has 0 bridgehead atoms. The van der Waals surface area contributed by atoms with E-state index in [0.29, 0.717) is 45.6 Å². The number of carbonyl (C=O) groups is 2. The number of rotatable bonds is 11. The lowest BCUT2D eigenvalue weighted by Crippen LogP contribution is -2.14. The number of thioether (sulfide) groups is 1. The second-order valence-electron chi connectivity index (χ2n) is 6.62. The third kappa shape index (κ3) is 7.65. The molecule has 0 saturated heterocycles. The van der Waals surface area contributed by atoms with Crippen LogP contribution in [0.1, 0.15) is 20.8 Å². The molecule has 0 saturated carbocycles. The van der Waals surface area contributed by atoms with Crippen molar-refractivity contribution in [2.24, 2.45) is 0 Å². The standard InChI is InChI=1S/C22H25N5O4S2/c1-4-30-18-10-9-17(12-19(18)31-5-2)24-20(29)13-32-22-27-26-21(33-22)25-16-8-6-7-15(11-16)23-14(3)28/h6-12H,4-5,13H2,1-3H3,(H,23,28)(H,24,29)(H,25,26). The molecule has 0 aliphatic heterocycles. The molecule has 0 radical (unpaired) electrons. The van der Waals surface area contributed by atoms with Crippen LogP contribution in [0, 0.1) is 0 Å². The van der Waals surface area contributed by atoms with Crippen molar-refractivity contribution in [3.8, 4) is 11.5 Å². The van der Waals surface area contributed by atoms with Crippen LogP contribution in [-0.2, 0) is 9.59 Å². The molecule has 0 aliphatic carbocycles. The average molecular weight is 488 g/mol. The van der Waals surface area contributed by atoms with Crippen LogP contribution in [0.3, 0.4) is 0 Å². The molecule has 2 amide bonds. The van der Waals surface area contributed by atoms with Gasteiger partial charge in [-0.1, -0.05) is 29.2 Å². The molecule has 33 heavy (non-hydrogen) atoms. The number of nitrogens with one attached hydrogen (secondary N) is 3. The molecule has 0 spiro atoms. The molecule has 11 heteroatoms. The van der Waals surface area contributed by atoms with E-state index in [0.717, 1.165) is 5.69 Å². The lowest BCUT2D eigenvalue weighted by Gasteiger charge is -2.12. The van der Waals surface area contributed by atoms with Crippen LogP contribution >= 0.6 is 23.1 Å². The van der Waals surface area contributed by atoms with E-state index >= 15 is 0 Å². The van der Waals surface area contributed by atoms with Gasteiger partial charge in [0.1, 0.15) is 0 Å². The molecular weight excluding hydrogens is 462 g/mol.